The Labute approximate surface area is 165 Å². The normalized spacial score (nSPS) is 25.4. The summed E-state index contributed by atoms with van der Waals surface area (Å²) in [6.07, 6.45) is 4.78. The van der Waals surface area contributed by atoms with Gasteiger partial charge in [0, 0.05) is 36.2 Å². The fraction of sp³-hybridized carbons (Fsp3) is 0.333. The highest BCUT2D eigenvalue weighted by Gasteiger charge is 2.42. The first kappa shape index (κ1) is 18.8. The molecule has 4 nitrogen and oxygen atoms in total. The average Bonchev–Trinajstić information content (AvgIpc) is 2.79. The van der Waals surface area contributed by atoms with E-state index in [0.29, 0.717) is 30.8 Å². The minimum Gasteiger partial charge on any atom is -0.379 e. The van der Waals surface area contributed by atoms with Crippen molar-refractivity contribution in [2.75, 3.05) is 26.3 Å². The maximum atomic E-state index is 13.6. The summed E-state index contributed by atoms with van der Waals surface area (Å²) in [4.78, 5) is 29.2. The number of allylic oxidation sites excluding steroid dienone is 1. The van der Waals surface area contributed by atoms with Crippen molar-refractivity contribution in [1.29, 1.82) is 0 Å². The molecular weight excluding hydrogens is 350 g/mol. The summed E-state index contributed by atoms with van der Waals surface area (Å²) in [6, 6.07) is 18.6. The lowest BCUT2D eigenvalue weighted by atomic mass is 9.72. The van der Waals surface area contributed by atoms with Crippen LogP contribution in [0.3, 0.4) is 0 Å². The molecule has 0 N–H and O–H groups in total. The summed E-state index contributed by atoms with van der Waals surface area (Å²) in [5.41, 5.74) is 1.35. The average molecular weight is 375 g/mol. The molecule has 1 aliphatic carbocycles. The number of benzene rings is 2. The Bertz CT molecular complexity index is 841. The van der Waals surface area contributed by atoms with Crippen LogP contribution in [0.4, 0.5) is 0 Å². The van der Waals surface area contributed by atoms with E-state index in [-0.39, 0.29) is 23.5 Å². The maximum absolute atomic E-state index is 13.6. The van der Waals surface area contributed by atoms with Crippen LogP contribution < -0.4 is 0 Å². The van der Waals surface area contributed by atoms with Crippen molar-refractivity contribution in [3.05, 3.63) is 83.9 Å². The first-order valence-corrected chi connectivity index (χ1v) is 9.92. The smallest absolute Gasteiger partial charge is 0.168 e. The summed E-state index contributed by atoms with van der Waals surface area (Å²) in [6.45, 7) is 2.88. The third-order valence-corrected chi connectivity index (χ3v) is 5.75. The van der Waals surface area contributed by atoms with Gasteiger partial charge in [0.1, 0.15) is 0 Å². The van der Waals surface area contributed by atoms with Crippen LogP contribution in [0.5, 0.6) is 0 Å². The molecule has 4 rings (SSSR count). The summed E-state index contributed by atoms with van der Waals surface area (Å²) < 4.78 is 5.50. The quantitative estimate of drug-likeness (QED) is 0.591. The highest BCUT2D eigenvalue weighted by molar-refractivity contribution is 6.05. The molecule has 0 amide bonds. The van der Waals surface area contributed by atoms with Gasteiger partial charge in [0.25, 0.3) is 0 Å². The fourth-order valence-electron chi connectivity index (χ4n) is 4.31. The highest BCUT2D eigenvalue weighted by atomic mass is 16.5. The Balaban J connectivity index is 1.70. The Hall–Kier alpha value is -2.56. The first-order valence-electron chi connectivity index (χ1n) is 9.92. The van der Waals surface area contributed by atoms with Crippen molar-refractivity contribution in [2.24, 2.45) is 11.8 Å². The van der Waals surface area contributed by atoms with Crippen LogP contribution in [0.15, 0.2) is 72.8 Å². The van der Waals surface area contributed by atoms with Crippen molar-refractivity contribution in [3.63, 3.8) is 0 Å². The van der Waals surface area contributed by atoms with E-state index in [9.17, 15) is 9.59 Å². The van der Waals surface area contributed by atoms with Gasteiger partial charge in [-0.05, 0) is 6.42 Å². The molecule has 1 saturated heterocycles. The number of carbonyl (C=O) groups is 2. The third kappa shape index (κ3) is 3.84. The van der Waals surface area contributed by atoms with Gasteiger partial charge >= 0.3 is 0 Å². The largest absolute Gasteiger partial charge is 0.379 e. The second-order valence-electron chi connectivity index (χ2n) is 7.40. The second kappa shape index (κ2) is 8.63. The molecule has 0 saturated carbocycles. The minimum absolute atomic E-state index is 0.0516. The van der Waals surface area contributed by atoms with Crippen LogP contribution in [-0.4, -0.2) is 48.8 Å². The van der Waals surface area contributed by atoms with E-state index < -0.39 is 5.92 Å². The van der Waals surface area contributed by atoms with Crippen molar-refractivity contribution in [2.45, 2.75) is 12.5 Å². The van der Waals surface area contributed by atoms with E-state index in [1.807, 2.05) is 60.7 Å². The zero-order chi connectivity index (χ0) is 19.3. The molecule has 1 aliphatic heterocycles. The third-order valence-electron chi connectivity index (χ3n) is 5.75. The SMILES string of the molecule is O=C(c1ccccc1)[C@@H]1C(N2CCOCC2)C=CC[C@H]1C(=O)c1ccccc1. The molecule has 1 heterocycles. The minimum atomic E-state index is -0.391. The van der Waals surface area contributed by atoms with E-state index >= 15 is 0 Å². The van der Waals surface area contributed by atoms with Gasteiger partial charge in [-0.2, -0.15) is 0 Å². The van der Waals surface area contributed by atoms with E-state index in [2.05, 4.69) is 17.1 Å². The van der Waals surface area contributed by atoms with Crippen molar-refractivity contribution in [1.82, 2.24) is 4.90 Å². The van der Waals surface area contributed by atoms with E-state index in [4.69, 9.17) is 4.74 Å². The molecule has 4 heteroatoms. The van der Waals surface area contributed by atoms with Gasteiger partial charge in [0.05, 0.1) is 19.1 Å². The Morgan fingerprint density at radius 1 is 0.821 bits per heavy atom. The summed E-state index contributed by atoms with van der Waals surface area (Å²) >= 11 is 0. The number of Topliss-reactive ketones (excluding diaryl/α,β-unsaturated/α-hetero) is 2. The maximum Gasteiger partial charge on any atom is 0.168 e. The van der Waals surface area contributed by atoms with Gasteiger partial charge in [0.2, 0.25) is 0 Å². The van der Waals surface area contributed by atoms with Crippen LogP contribution >= 0.6 is 0 Å². The fourth-order valence-corrected chi connectivity index (χ4v) is 4.31. The molecule has 2 aromatic rings. The Morgan fingerprint density at radius 2 is 1.39 bits per heavy atom. The summed E-state index contributed by atoms with van der Waals surface area (Å²) in [5.74, 6) is -0.639. The van der Waals surface area contributed by atoms with E-state index in [1.54, 1.807) is 0 Å². The van der Waals surface area contributed by atoms with Gasteiger partial charge < -0.3 is 4.74 Å². The number of morpholine rings is 1. The summed E-state index contributed by atoms with van der Waals surface area (Å²) in [7, 11) is 0. The standard InChI is InChI=1S/C24H25NO3/c26-23(18-8-3-1-4-9-18)20-12-7-13-21(25-14-16-28-17-15-25)22(20)24(27)19-10-5-2-6-11-19/h1-11,13,20-22H,12,14-17H2/t20-,21?,22+/m1/s1. The van der Waals surface area contributed by atoms with Crippen LogP contribution in [0.1, 0.15) is 27.1 Å². The number of hydrogen-bond acceptors (Lipinski definition) is 4. The topological polar surface area (TPSA) is 46.6 Å². The lowest BCUT2D eigenvalue weighted by molar-refractivity contribution is 0.00736. The lowest BCUT2D eigenvalue weighted by Gasteiger charge is -2.41. The van der Waals surface area contributed by atoms with Crippen LogP contribution in [0, 0.1) is 11.8 Å². The van der Waals surface area contributed by atoms with Gasteiger partial charge in [0.15, 0.2) is 11.6 Å². The van der Waals surface area contributed by atoms with Gasteiger partial charge in [-0.3, -0.25) is 14.5 Å². The number of hydrogen-bond donors (Lipinski definition) is 0. The molecule has 3 atom stereocenters. The molecule has 0 spiro atoms. The molecule has 1 unspecified atom stereocenters. The van der Waals surface area contributed by atoms with Gasteiger partial charge in [-0.25, -0.2) is 0 Å². The molecule has 0 radical (unpaired) electrons. The molecular formula is C24H25NO3. The monoisotopic (exact) mass is 375 g/mol. The summed E-state index contributed by atoms with van der Waals surface area (Å²) in [5, 5.41) is 0. The Kier molecular flexibility index (Phi) is 5.79. The molecule has 2 aromatic carbocycles. The Morgan fingerprint density at radius 3 is 2.00 bits per heavy atom. The second-order valence-corrected chi connectivity index (χ2v) is 7.40. The lowest BCUT2D eigenvalue weighted by Crippen LogP contribution is -2.52. The van der Waals surface area contributed by atoms with Crippen molar-refractivity contribution in [3.8, 4) is 0 Å². The number of ether oxygens (including phenoxy) is 1. The molecule has 1 fully saturated rings. The number of rotatable bonds is 5. The van der Waals surface area contributed by atoms with Crippen LogP contribution in [-0.2, 0) is 4.74 Å². The molecule has 28 heavy (non-hydrogen) atoms. The zero-order valence-corrected chi connectivity index (χ0v) is 15.9. The van der Waals surface area contributed by atoms with Gasteiger partial charge in [-0.15, -0.1) is 0 Å². The molecule has 0 bridgehead atoms. The van der Waals surface area contributed by atoms with E-state index in [0.717, 1.165) is 13.1 Å². The predicted octanol–water partition coefficient (Wildman–Crippen LogP) is 3.65. The van der Waals surface area contributed by atoms with Crippen molar-refractivity contribution < 1.29 is 14.3 Å². The zero-order valence-electron chi connectivity index (χ0n) is 15.9. The first-order chi connectivity index (χ1) is 13.8. The molecule has 2 aliphatic rings. The predicted molar refractivity (Wildman–Crippen MR) is 108 cm³/mol. The van der Waals surface area contributed by atoms with Gasteiger partial charge in [-0.1, -0.05) is 72.8 Å². The number of ketones is 2. The van der Waals surface area contributed by atoms with Crippen LogP contribution in [0.25, 0.3) is 0 Å². The number of carbonyl (C=O) groups excluding carboxylic acids is 2. The molecule has 144 valence electrons. The molecule has 0 aromatic heterocycles. The van der Waals surface area contributed by atoms with Crippen LogP contribution in [0.2, 0.25) is 0 Å². The number of nitrogens with zero attached hydrogens (tertiary/aromatic N) is 1. The van der Waals surface area contributed by atoms with Crippen molar-refractivity contribution >= 4 is 11.6 Å². The highest BCUT2D eigenvalue weighted by Crippen LogP contribution is 2.34. The van der Waals surface area contributed by atoms with E-state index in [1.165, 1.54) is 0 Å².